The number of nitrogens with zero attached hydrogens (tertiary/aromatic N) is 1. The van der Waals surface area contributed by atoms with Crippen molar-refractivity contribution < 1.29 is 19.0 Å². The monoisotopic (exact) mass is 269 g/mol. The number of carbonyl (C=O) groups is 1. The number of halogens is 1. The van der Waals surface area contributed by atoms with Gasteiger partial charge in [0.1, 0.15) is 11.6 Å². The Labute approximate surface area is 112 Å². The van der Waals surface area contributed by atoms with Crippen LogP contribution >= 0.6 is 0 Å². The first-order valence-electron chi connectivity index (χ1n) is 6.29. The fourth-order valence-electron chi connectivity index (χ4n) is 1.77. The lowest BCUT2D eigenvalue weighted by molar-refractivity contribution is 0.0610. The standard InChI is InChI=1S/C14H20FNO3/c1-4-10(2)16(7-8-19-3)14(18)12-9-11(15)5-6-13(12)17/h5-6,9-10,17H,4,7-8H2,1-3H3. The molecule has 0 heterocycles. The van der Waals surface area contributed by atoms with Crippen LogP contribution in [0.2, 0.25) is 0 Å². The zero-order valence-electron chi connectivity index (χ0n) is 11.5. The van der Waals surface area contributed by atoms with Gasteiger partial charge < -0.3 is 14.7 Å². The van der Waals surface area contributed by atoms with Gasteiger partial charge in [-0.05, 0) is 31.5 Å². The van der Waals surface area contributed by atoms with Crippen LogP contribution in [-0.4, -0.2) is 42.2 Å². The number of amides is 1. The minimum Gasteiger partial charge on any atom is -0.507 e. The van der Waals surface area contributed by atoms with E-state index in [9.17, 15) is 14.3 Å². The molecule has 1 N–H and O–H groups in total. The van der Waals surface area contributed by atoms with Crippen molar-refractivity contribution in [3.63, 3.8) is 0 Å². The van der Waals surface area contributed by atoms with Crippen LogP contribution in [0, 0.1) is 5.82 Å². The van der Waals surface area contributed by atoms with Crippen molar-refractivity contribution in [2.24, 2.45) is 0 Å². The molecule has 0 saturated carbocycles. The van der Waals surface area contributed by atoms with E-state index in [0.29, 0.717) is 13.2 Å². The molecule has 1 unspecified atom stereocenters. The van der Waals surface area contributed by atoms with Crippen LogP contribution in [0.15, 0.2) is 18.2 Å². The number of rotatable bonds is 6. The second kappa shape index (κ2) is 7.09. The highest BCUT2D eigenvalue weighted by Crippen LogP contribution is 2.21. The molecule has 0 aromatic heterocycles. The summed E-state index contributed by atoms with van der Waals surface area (Å²) in [5.41, 5.74) is -0.0172. The first-order valence-corrected chi connectivity index (χ1v) is 6.29. The Bertz CT molecular complexity index is 437. The van der Waals surface area contributed by atoms with Gasteiger partial charge in [0.05, 0.1) is 12.2 Å². The van der Waals surface area contributed by atoms with E-state index < -0.39 is 5.82 Å². The molecule has 5 heteroatoms. The molecule has 0 fully saturated rings. The average Bonchev–Trinajstić information content (AvgIpc) is 2.41. The third kappa shape index (κ3) is 3.92. The molecule has 0 bridgehead atoms. The average molecular weight is 269 g/mol. The van der Waals surface area contributed by atoms with Crippen LogP contribution in [0.25, 0.3) is 0 Å². The van der Waals surface area contributed by atoms with Gasteiger partial charge in [-0.2, -0.15) is 0 Å². The number of hydrogen-bond donors (Lipinski definition) is 1. The van der Waals surface area contributed by atoms with E-state index in [1.807, 2.05) is 13.8 Å². The molecule has 1 rings (SSSR count). The summed E-state index contributed by atoms with van der Waals surface area (Å²) in [5, 5.41) is 9.69. The Hall–Kier alpha value is -1.62. The maximum Gasteiger partial charge on any atom is 0.258 e. The zero-order chi connectivity index (χ0) is 14.4. The molecule has 1 aromatic rings. The third-order valence-electron chi connectivity index (χ3n) is 3.11. The highest BCUT2D eigenvalue weighted by molar-refractivity contribution is 5.97. The minimum atomic E-state index is -0.544. The van der Waals surface area contributed by atoms with E-state index in [-0.39, 0.29) is 23.3 Å². The smallest absolute Gasteiger partial charge is 0.258 e. The topological polar surface area (TPSA) is 49.8 Å². The van der Waals surface area contributed by atoms with Crippen molar-refractivity contribution in [2.75, 3.05) is 20.3 Å². The van der Waals surface area contributed by atoms with Crippen molar-refractivity contribution in [1.29, 1.82) is 0 Å². The molecular weight excluding hydrogens is 249 g/mol. The minimum absolute atomic E-state index is 0.00897. The number of phenolic OH excluding ortho intramolecular Hbond substituents is 1. The lowest BCUT2D eigenvalue weighted by atomic mass is 10.1. The second-order valence-corrected chi connectivity index (χ2v) is 4.41. The van der Waals surface area contributed by atoms with Gasteiger partial charge >= 0.3 is 0 Å². The van der Waals surface area contributed by atoms with E-state index in [1.165, 1.54) is 6.07 Å². The Morgan fingerprint density at radius 3 is 2.79 bits per heavy atom. The number of phenols is 1. The molecule has 0 aliphatic carbocycles. The SMILES string of the molecule is CCC(C)N(CCOC)C(=O)c1cc(F)ccc1O. The van der Waals surface area contributed by atoms with E-state index in [0.717, 1.165) is 18.6 Å². The molecule has 0 radical (unpaired) electrons. The highest BCUT2D eigenvalue weighted by Gasteiger charge is 2.23. The molecule has 0 aliphatic heterocycles. The molecule has 0 saturated heterocycles. The van der Waals surface area contributed by atoms with Gasteiger partial charge in [0.15, 0.2) is 0 Å². The van der Waals surface area contributed by atoms with Gasteiger partial charge in [0.25, 0.3) is 5.91 Å². The number of aromatic hydroxyl groups is 1. The molecular formula is C14H20FNO3. The Kier molecular flexibility index (Phi) is 5.76. The summed E-state index contributed by atoms with van der Waals surface area (Å²) < 4.78 is 18.2. The summed E-state index contributed by atoms with van der Waals surface area (Å²) in [5.74, 6) is -1.14. The summed E-state index contributed by atoms with van der Waals surface area (Å²) in [4.78, 5) is 13.9. The summed E-state index contributed by atoms with van der Waals surface area (Å²) in [6.45, 7) is 4.67. The van der Waals surface area contributed by atoms with Crippen LogP contribution in [0.4, 0.5) is 4.39 Å². The zero-order valence-corrected chi connectivity index (χ0v) is 11.5. The molecule has 0 aliphatic rings. The number of carbonyl (C=O) groups excluding carboxylic acids is 1. The Morgan fingerprint density at radius 2 is 2.21 bits per heavy atom. The van der Waals surface area contributed by atoms with Gasteiger partial charge in [-0.1, -0.05) is 6.92 Å². The molecule has 1 atom stereocenters. The Morgan fingerprint density at radius 1 is 1.53 bits per heavy atom. The van der Waals surface area contributed by atoms with Gasteiger partial charge in [0, 0.05) is 19.7 Å². The number of methoxy groups -OCH3 is 1. The van der Waals surface area contributed by atoms with Gasteiger partial charge in [0.2, 0.25) is 0 Å². The lowest BCUT2D eigenvalue weighted by Crippen LogP contribution is -2.40. The highest BCUT2D eigenvalue weighted by atomic mass is 19.1. The predicted octanol–water partition coefficient (Wildman–Crippen LogP) is 2.42. The van der Waals surface area contributed by atoms with E-state index in [2.05, 4.69) is 0 Å². The lowest BCUT2D eigenvalue weighted by Gasteiger charge is -2.28. The maximum absolute atomic E-state index is 13.2. The summed E-state index contributed by atoms with van der Waals surface area (Å²) in [7, 11) is 1.55. The van der Waals surface area contributed by atoms with Crippen LogP contribution in [0.1, 0.15) is 30.6 Å². The van der Waals surface area contributed by atoms with Crippen LogP contribution < -0.4 is 0 Å². The van der Waals surface area contributed by atoms with Gasteiger partial charge in [-0.3, -0.25) is 4.79 Å². The molecule has 19 heavy (non-hydrogen) atoms. The van der Waals surface area contributed by atoms with Crippen molar-refractivity contribution in [3.8, 4) is 5.75 Å². The first-order chi connectivity index (χ1) is 9.01. The van der Waals surface area contributed by atoms with Crippen molar-refractivity contribution in [3.05, 3.63) is 29.6 Å². The molecule has 1 amide bonds. The molecule has 4 nitrogen and oxygen atoms in total. The van der Waals surface area contributed by atoms with Gasteiger partial charge in [-0.25, -0.2) is 4.39 Å². The van der Waals surface area contributed by atoms with Gasteiger partial charge in [-0.15, -0.1) is 0 Å². The third-order valence-corrected chi connectivity index (χ3v) is 3.11. The largest absolute Gasteiger partial charge is 0.507 e. The van der Waals surface area contributed by atoms with Crippen LogP contribution in [0.5, 0.6) is 5.75 Å². The molecule has 0 spiro atoms. The normalized spacial score (nSPS) is 12.2. The number of hydrogen-bond acceptors (Lipinski definition) is 3. The summed E-state index contributed by atoms with van der Waals surface area (Å²) >= 11 is 0. The van der Waals surface area contributed by atoms with Crippen LogP contribution in [0.3, 0.4) is 0 Å². The van der Waals surface area contributed by atoms with Crippen LogP contribution in [-0.2, 0) is 4.74 Å². The first kappa shape index (κ1) is 15.4. The second-order valence-electron chi connectivity index (χ2n) is 4.41. The number of benzene rings is 1. The maximum atomic E-state index is 13.2. The quantitative estimate of drug-likeness (QED) is 0.862. The van der Waals surface area contributed by atoms with Crippen molar-refractivity contribution in [1.82, 2.24) is 4.90 Å². The fourth-order valence-corrected chi connectivity index (χ4v) is 1.77. The van der Waals surface area contributed by atoms with E-state index >= 15 is 0 Å². The van der Waals surface area contributed by atoms with Crippen molar-refractivity contribution >= 4 is 5.91 Å². The summed E-state index contributed by atoms with van der Waals surface area (Å²) in [6, 6.07) is 3.35. The summed E-state index contributed by atoms with van der Waals surface area (Å²) in [6.07, 6.45) is 0.769. The van der Waals surface area contributed by atoms with Crippen molar-refractivity contribution in [2.45, 2.75) is 26.3 Å². The number of ether oxygens (including phenoxy) is 1. The van der Waals surface area contributed by atoms with E-state index in [4.69, 9.17) is 4.74 Å². The van der Waals surface area contributed by atoms with E-state index in [1.54, 1.807) is 12.0 Å². The fraction of sp³-hybridized carbons (Fsp3) is 0.500. The predicted molar refractivity (Wildman–Crippen MR) is 70.7 cm³/mol. The molecule has 1 aromatic carbocycles. The Balaban J connectivity index is 3.00. The molecule has 106 valence electrons.